The fraction of sp³-hybridized carbons (Fsp3) is 0.538. The first-order valence-electron chi connectivity index (χ1n) is 12.8. The van der Waals surface area contributed by atoms with Gasteiger partial charge in [0, 0.05) is 42.3 Å². The summed E-state index contributed by atoms with van der Waals surface area (Å²) < 4.78 is 28.2. The molecule has 190 valence electrons. The van der Waals surface area contributed by atoms with E-state index in [9.17, 15) is 18.4 Å². The second-order valence-corrected chi connectivity index (χ2v) is 10.7. The highest BCUT2D eigenvalue weighted by Crippen LogP contribution is 2.50. The van der Waals surface area contributed by atoms with Crippen LogP contribution in [0.25, 0.3) is 11.7 Å². The molecule has 4 fully saturated rings. The SMILES string of the molecule is C=C1NC(=O)C/C1=C\c1cnn2c(NC3CC3)cc(NC3CCC(CC(=O)C4CC4(F)F)CC3)nc12. The van der Waals surface area contributed by atoms with Gasteiger partial charge in [0.15, 0.2) is 5.65 Å². The molecular weight excluding hydrogens is 466 g/mol. The largest absolute Gasteiger partial charge is 0.367 e. The van der Waals surface area contributed by atoms with E-state index >= 15 is 0 Å². The first kappa shape index (κ1) is 23.1. The molecule has 0 spiro atoms. The normalized spacial score (nSPS) is 28.4. The fourth-order valence-electron chi connectivity index (χ4n) is 5.30. The zero-order chi connectivity index (χ0) is 25.0. The Kier molecular flexibility index (Phi) is 5.57. The summed E-state index contributed by atoms with van der Waals surface area (Å²) in [5, 5.41) is 14.4. The lowest BCUT2D eigenvalue weighted by Gasteiger charge is -2.29. The van der Waals surface area contributed by atoms with Crippen LogP contribution < -0.4 is 16.0 Å². The maximum atomic E-state index is 13.2. The van der Waals surface area contributed by atoms with E-state index in [1.807, 2.05) is 12.1 Å². The lowest BCUT2D eigenvalue weighted by Crippen LogP contribution is -2.28. The molecule has 6 rings (SSSR count). The Labute approximate surface area is 207 Å². The summed E-state index contributed by atoms with van der Waals surface area (Å²) in [5.74, 6) is -2.39. The second kappa shape index (κ2) is 8.67. The van der Waals surface area contributed by atoms with Crippen molar-refractivity contribution in [3.8, 4) is 0 Å². The molecule has 1 atom stereocenters. The minimum atomic E-state index is -2.77. The van der Waals surface area contributed by atoms with Gasteiger partial charge < -0.3 is 16.0 Å². The van der Waals surface area contributed by atoms with E-state index in [1.54, 1.807) is 10.7 Å². The van der Waals surface area contributed by atoms with E-state index in [0.29, 0.717) is 17.4 Å². The lowest BCUT2D eigenvalue weighted by molar-refractivity contribution is -0.123. The molecule has 2 aromatic rings. The standard InChI is InChI=1S/C26H30F2N6O2/c1-14-16(10-24(36)30-14)9-17-13-29-34-23(32-19-6-7-19)11-22(33-25(17)34)31-18-4-2-15(3-5-18)8-21(35)20-12-26(20,27)28/h9,11,13,15,18-20,32H,1-8,10,12H2,(H,30,36)(H,31,33)/b16-9+. The number of allylic oxidation sites excluding steroid dienone is 1. The number of Topliss-reactive ketones (excluding diaryl/α,β-unsaturated/α-hetero) is 1. The number of aromatic nitrogens is 3. The van der Waals surface area contributed by atoms with Crippen LogP contribution in [0, 0.1) is 11.8 Å². The number of nitrogens with one attached hydrogen (secondary N) is 3. The van der Waals surface area contributed by atoms with Gasteiger partial charge in [-0.2, -0.15) is 9.61 Å². The molecule has 3 saturated carbocycles. The molecule has 3 heterocycles. The van der Waals surface area contributed by atoms with Crippen LogP contribution in [0.15, 0.2) is 30.1 Å². The van der Waals surface area contributed by atoms with E-state index in [0.717, 1.165) is 61.3 Å². The number of nitrogens with zero attached hydrogens (tertiary/aromatic N) is 3. The quantitative estimate of drug-likeness (QED) is 0.504. The van der Waals surface area contributed by atoms with Crippen molar-refractivity contribution in [2.75, 3.05) is 10.6 Å². The monoisotopic (exact) mass is 496 g/mol. The molecule has 0 aromatic carbocycles. The minimum absolute atomic E-state index is 0.0720. The van der Waals surface area contributed by atoms with Crippen molar-refractivity contribution in [1.29, 1.82) is 0 Å². The van der Waals surface area contributed by atoms with Crippen molar-refractivity contribution >= 4 is 35.0 Å². The molecule has 1 saturated heterocycles. The third kappa shape index (κ3) is 4.73. The first-order chi connectivity index (χ1) is 17.2. The van der Waals surface area contributed by atoms with Gasteiger partial charge in [-0.25, -0.2) is 13.8 Å². The topological polar surface area (TPSA) is 100 Å². The van der Waals surface area contributed by atoms with Gasteiger partial charge in [-0.05, 0) is 56.1 Å². The Morgan fingerprint density at radius 3 is 2.53 bits per heavy atom. The smallest absolute Gasteiger partial charge is 0.258 e. The van der Waals surface area contributed by atoms with Crippen molar-refractivity contribution in [1.82, 2.24) is 19.9 Å². The Morgan fingerprint density at radius 2 is 1.89 bits per heavy atom. The summed E-state index contributed by atoms with van der Waals surface area (Å²) in [6.07, 6.45) is 9.57. The van der Waals surface area contributed by atoms with E-state index in [-0.39, 0.29) is 42.9 Å². The number of ketones is 1. The van der Waals surface area contributed by atoms with Gasteiger partial charge in [0.05, 0.1) is 18.5 Å². The number of anilines is 2. The van der Waals surface area contributed by atoms with Gasteiger partial charge in [0.1, 0.15) is 17.4 Å². The molecule has 0 radical (unpaired) electrons. The molecule has 3 N–H and O–H groups in total. The van der Waals surface area contributed by atoms with Crippen LogP contribution in [0.5, 0.6) is 0 Å². The molecule has 1 aliphatic heterocycles. The molecule has 1 unspecified atom stereocenters. The van der Waals surface area contributed by atoms with E-state index < -0.39 is 11.8 Å². The highest BCUT2D eigenvalue weighted by Gasteiger charge is 2.60. The maximum absolute atomic E-state index is 13.2. The Balaban J connectivity index is 1.17. The van der Waals surface area contributed by atoms with Crippen LogP contribution in [0.4, 0.5) is 20.4 Å². The highest BCUT2D eigenvalue weighted by atomic mass is 19.3. The maximum Gasteiger partial charge on any atom is 0.258 e. The van der Waals surface area contributed by atoms with Crippen LogP contribution in [-0.2, 0) is 9.59 Å². The van der Waals surface area contributed by atoms with Gasteiger partial charge in [0.2, 0.25) is 5.91 Å². The van der Waals surface area contributed by atoms with Crippen molar-refractivity contribution in [3.63, 3.8) is 0 Å². The highest BCUT2D eigenvalue weighted by molar-refractivity contribution is 5.90. The van der Waals surface area contributed by atoms with Crippen LogP contribution in [0.3, 0.4) is 0 Å². The van der Waals surface area contributed by atoms with Crippen LogP contribution in [0.1, 0.15) is 63.4 Å². The summed E-state index contributed by atoms with van der Waals surface area (Å²) in [7, 11) is 0. The predicted molar refractivity (Wildman–Crippen MR) is 132 cm³/mol. The Hall–Kier alpha value is -3.30. The molecular formula is C26H30F2N6O2. The Morgan fingerprint density at radius 1 is 1.19 bits per heavy atom. The van der Waals surface area contributed by atoms with Gasteiger partial charge >= 0.3 is 0 Å². The number of fused-ring (bicyclic) bond motifs is 1. The lowest BCUT2D eigenvalue weighted by atomic mass is 9.82. The summed E-state index contributed by atoms with van der Waals surface area (Å²) in [4.78, 5) is 28.7. The third-order valence-corrected chi connectivity index (χ3v) is 7.69. The van der Waals surface area contributed by atoms with E-state index in [1.165, 1.54) is 0 Å². The third-order valence-electron chi connectivity index (χ3n) is 7.69. The number of amides is 1. The second-order valence-electron chi connectivity index (χ2n) is 10.7. The number of carbonyl (C=O) groups is 2. The van der Waals surface area contributed by atoms with Gasteiger partial charge in [-0.3, -0.25) is 9.59 Å². The van der Waals surface area contributed by atoms with Gasteiger partial charge in [0.25, 0.3) is 5.92 Å². The summed E-state index contributed by atoms with van der Waals surface area (Å²) in [5.41, 5.74) is 2.92. The van der Waals surface area contributed by atoms with Crippen molar-refractivity contribution < 1.29 is 18.4 Å². The molecule has 10 heteroatoms. The van der Waals surface area contributed by atoms with Crippen molar-refractivity contribution in [3.05, 3.63) is 35.7 Å². The molecule has 2 aromatic heterocycles. The average molecular weight is 497 g/mol. The minimum Gasteiger partial charge on any atom is -0.367 e. The number of halogens is 2. The number of rotatable bonds is 8. The molecule has 1 amide bonds. The van der Waals surface area contributed by atoms with E-state index in [4.69, 9.17) is 4.98 Å². The van der Waals surface area contributed by atoms with Crippen LogP contribution in [0.2, 0.25) is 0 Å². The van der Waals surface area contributed by atoms with Crippen LogP contribution in [-0.4, -0.2) is 44.3 Å². The fourth-order valence-corrected chi connectivity index (χ4v) is 5.30. The van der Waals surface area contributed by atoms with Gasteiger partial charge in [-0.15, -0.1) is 0 Å². The Bertz CT molecular complexity index is 1270. The number of alkyl halides is 2. The summed E-state index contributed by atoms with van der Waals surface area (Å²) in [6, 6.07) is 2.60. The molecule has 36 heavy (non-hydrogen) atoms. The number of carbonyl (C=O) groups excluding carboxylic acids is 2. The zero-order valence-electron chi connectivity index (χ0n) is 20.0. The molecule has 8 nitrogen and oxygen atoms in total. The van der Waals surface area contributed by atoms with Crippen molar-refractivity contribution in [2.24, 2.45) is 11.8 Å². The first-order valence-corrected chi connectivity index (χ1v) is 12.8. The predicted octanol–water partition coefficient (Wildman–Crippen LogP) is 4.31. The molecule has 0 bridgehead atoms. The summed E-state index contributed by atoms with van der Waals surface area (Å²) >= 11 is 0. The summed E-state index contributed by atoms with van der Waals surface area (Å²) in [6.45, 7) is 3.92. The average Bonchev–Trinajstić information content (AvgIpc) is 3.68. The van der Waals surface area contributed by atoms with E-state index in [2.05, 4.69) is 27.6 Å². The number of hydrogen-bond acceptors (Lipinski definition) is 6. The molecule has 4 aliphatic rings. The zero-order valence-corrected chi connectivity index (χ0v) is 20.0. The van der Waals surface area contributed by atoms with Crippen LogP contribution >= 0.6 is 0 Å². The molecule has 3 aliphatic carbocycles. The van der Waals surface area contributed by atoms with Crippen molar-refractivity contribution in [2.45, 2.75) is 75.8 Å². The number of hydrogen-bond donors (Lipinski definition) is 3. The van der Waals surface area contributed by atoms with Gasteiger partial charge in [-0.1, -0.05) is 6.58 Å².